The molecule has 0 unspecified atom stereocenters. The average molecular weight is 263 g/mol. The summed E-state index contributed by atoms with van der Waals surface area (Å²) in [6, 6.07) is 10.4. The lowest BCUT2D eigenvalue weighted by molar-refractivity contribution is 0.953. The Labute approximate surface area is 115 Å². The Hall–Kier alpha value is -2.66. The number of aromatic amines is 1. The summed E-state index contributed by atoms with van der Waals surface area (Å²) in [6.45, 7) is 0.455. The maximum Gasteiger partial charge on any atom is 0.0994 e. The van der Waals surface area contributed by atoms with E-state index >= 15 is 0 Å². The number of benzene rings is 1. The topological polar surface area (TPSA) is 72.0 Å². The SMILES string of the molecule is NCc1cc2cc(-c3ccc4nc[nH]c4c3)cn2cn1. The summed E-state index contributed by atoms with van der Waals surface area (Å²) in [5.74, 6) is 0. The van der Waals surface area contributed by atoms with Gasteiger partial charge in [-0.15, -0.1) is 0 Å². The Kier molecular flexibility index (Phi) is 2.34. The number of hydrogen-bond acceptors (Lipinski definition) is 3. The molecule has 0 fully saturated rings. The Morgan fingerprint density at radius 2 is 2.05 bits per heavy atom. The van der Waals surface area contributed by atoms with Gasteiger partial charge in [0.1, 0.15) is 0 Å². The van der Waals surface area contributed by atoms with Crippen LogP contribution in [0.1, 0.15) is 5.69 Å². The lowest BCUT2D eigenvalue weighted by Gasteiger charge is -1.97. The molecule has 3 aromatic heterocycles. The second-order valence-electron chi connectivity index (χ2n) is 4.78. The first-order valence-electron chi connectivity index (χ1n) is 6.44. The van der Waals surface area contributed by atoms with Crippen molar-refractivity contribution in [2.24, 2.45) is 5.73 Å². The van der Waals surface area contributed by atoms with Crippen LogP contribution in [0.2, 0.25) is 0 Å². The van der Waals surface area contributed by atoms with Crippen molar-refractivity contribution >= 4 is 16.6 Å². The van der Waals surface area contributed by atoms with Crippen LogP contribution in [-0.2, 0) is 6.54 Å². The fraction of sp³-hybridized carbons (Fsp3) is 0.0667. The highest BCUT2D eigenvalue weighted by Crippen LogP contribution is 2.25. The van der Waals surface area contributed by atoms with E-state index in [0.717, 1.165) is 33.4 Å². The number of nitrogens with zero attached hydrogens (tertiary/aromatic N) is 3. The van der Waals surface area contributed by atoms with Gasteiger partial charge >= 0.3 is 0 Å². The van der Waals surface area contributed by atoms with E-state index in [9.17, 15) is 0 Å². The minimum atomic E-state index is 0.455. The zero-order valence-electron chi connectivity index (χ0n) is 10.7. The normalized spacial score (nSPS) is 11.4. The van der Waals surface area contributed by atoms with Crippen LogP contribution >= 0.6 is 0 Å². The number of imidazole rings is 1. The largest absolute Gasteiger partial charge is 0.345 e. The Balaban J connectivity index is 1.87. The van der Waals surface area contributed by atoms with E-state index in [0.29, 0.717) is 6.54 Å². The van der Waals surface area contributed by atoms with Crippen molar-refractivity contribution < 1.29 is 0 Å². The van der Waals surface area contributed by atoms with Crippen LogP contribution < -0.4 is 5.73 Å². The highest BCUT2D eigenvalue weighted by molar-refractivity contribution is 5.82. The Bertz CT molecular complexity index is 903. The molecule has 3 N–H and O–H groups in total. The minimum Gasteiger partial charge on any atom is -0.345 e. The highest BCUT2D eigenvalue weighted by Gasteiger charge is 2.05. The molecule has 0 saturated heterocycles. The summed E-state index contributed by atoms with van der Waals surface area (Å²) < 4.78 is 2.01. The smallest absolute Gasteiger partial charge is 0.0994 e. The molecule has 5 heteroatoms. The summed E-state index contributed by atoms with van der Waals surface area (Å²) in [4.78, 5) is 11.7. The molecule has 0 amide bonds. The number of nitrogens with two attached hydrogens (primary N) is 1. The van der Waals surface area contributed by atoms with Crippen molar-refractivity contribution in [3.05, 3.63) is 54.9 Å². The van der Waals surface area contributed by atoms with Crippen LogP contribution in [0.3, 0.4) is 0 Å². The summed E-state index contributed by atoms with van der Waals surface area (Å²) in [6.07, 6.45) is 5.58. The summed E-state index contributed by atoms with van der Waals surface area (Å²) >= 11 is 0. The zero-order chi connectivity index (χ0) is 13.5. The third-order valence-electron chi connectivity index (χ3n) is 3.50. The van der Waals surface area contributed by atoms with Crippen LogP contribution in [0, 0.1) is 0 Å². The fourth-order valence-corrected chi connectivity index (χ4v) is 2.44. The van der Waals surface area contributed by atoms with Gasteiger partial charge in [0.25, 0.3) is 0 Å². The number of nitrogens with one attached hydrogen (secondary N) is 1. The molecule has 1 aromatic carbocycles. The Morgan fingerprint density at radius 1 is 1.10 bits per heavy atom. The van der Waals surface area contributed by atoms with Crippen molar-refractivity contribution in [1.29, 1.82) is 0 Å². The van der Waals surface area contributed by atoms with E-state index < -0.39 is 0 Å². The summed E-state index contributed by atoms with van der Waals surface area (Å²) in [7, 11) is 0. The van der Waals surface area contributed by atoms with Crippen molar-refractivity contribution in [1.82, 2.24) is 19.4 Å². The van der Waals surface area contributed by atoms with Crippen LogP contribution in [0.25, 0.3) is 27.7 Å². The number of H-pyrrole nitrogens is 1. The van der Waals surface area contributed by atoms with Crippen molar-refractivity contribution in [2.75, 3.05) is 0 Å². The van der Waals surface area contributed by atoms with Gasteiger partial charge in [0.2, 0.25) is 0 Å². The first-order chi connectivity index (χ1) is 9.83. The molecule has 0 atom stereocenters. The minimum absolute atomic E-state index is 0.455. The second kappa shape index (κ2) is 4.18. The third-order valence-corrected chi connectivity index (χ3v) is 3.50. The van der Waals surface area contributed by atoms with E-state index in [1.54, 1.807) is 12.7 Å². The monoisotopic (exact) mass is 263 g/mol. The molecular weight excluding hydrogens is 250 g/mol. The molecule has 3 heterocycles. The molecule has 0 aliphatic heterocycles. The zero-order valence-corrected chi connectivity index (χ0v) is 10.7. The van der Waals surface area contributed by atoms with E-state index in [2.05, 4.69) is 39.3 Å². The molecule has 20 heavy (non-hydrogen) atoms. The van der Waals surface area contributed by atoms with E-state index in [1.807, 2.05) is 16.5 Å². The predicted molar refractivity (Wildman–Crippen MR) is 78.2 cm³/mol. The van der Waals surface area contributed by atoms with Crippen LogP contribution in [0.15, 0.2) is 49.2 Å². The van der Waals surface area contributed by atoms with Crippen LogP contribution in [0.5, 0.6) is 0 Å². The average Bonchev–Trinajstić information content (AvgIpc) is 3.11. The molecule has 0 bridgehead atoms. The van der Waals surface area contributed by atoms with Gasteiger partial charge in [-0.1, -0.05) is 6.07 Å². The number of rotatable bonds is 2. The number of hydrogen-bond donors (Lipinski definition) is 2. The molecule has 0 spiro atoms. The van der Waals surface area contributed by atoms with E-state index in [1.165, 1.54) is 0 Å². The molecule has 0 radical (unpaired) electrons. The Morgan fingerprint density at radius 3 is 2.95 bits per heavy atom. The summed E-state index contributed by atoms with van der Waals surface area (Å²) in [5, 5.41) is 0. The van der Waals surface area contributed by atoms with Crippen LogP contribution in [0.4, 0.5) is 0 Å². The maximum atomic E-state index is 5.63. The van der Waals surface area contributed by atoms with Crippen LogP contribution in [-0.4, -0.2) is 19.4 Å². The molecular formula is C15H13N5. The van der Waals surface area contributed by atoms with Crippen molar-refractivity contribution in [2.45, 2.75) is 6.54 Å². The van der Waals surface area contributed by atoms with E-state index in [-0.39, 0.29) is 0 Å². The lowest BCUT2D eigenvalue weighted by Crippen LogP contribution is -2.00. The van der Waals surface area contributed by atoms with Gasteiger partial charge in [-0.25, -0.2) is 9.97 Å². The van der Waals surface area contributed by atoms with Gasteiger partial charge in [-0.2, -0.15) is 0 Å². The molecule has 4 rings (SSSR count). The van der Waals surface area contributed by atoms with Crippen molar-refractivity contribution in [3.63, 3.8) is 0 Å². The van der Waals surface area contributed by atoms with Gasteiger partial charge in [0, 0.05) is 23.8 Å². The highest BCUT2D eigenvalue weighted by atomic mass is 14.9. The molecule has 98 valence electrons. The first-order valence-corrected chi connectivity index (χ1v) is 6.44. The van der Waals surface area contributed by atoms with Gasteiger partial charge in [-0.05, 0) is 29.8 Å². The van der Waals surface area contributed by atoms with Gasteiger partial charge < -0.3 is 15.1 Å². The molecule has 0 aliphatic carbocycles. The predicted octanol–water partition coefficient (Wildman–Crippen LogP) is 2.34. The molecule has 4 aromatic rings. The standard InChI is InChI=1S/C15H13N5/c16-6-12-5-13-3-11(7-20(13)9-19-12)10-1-2-14-15(4-10)18-8-17-14/h1-5,7-9H,6,16H2,(H,17,18). The lowest BCUT2D eigenvalue weighted by atomic mass is 10.1. The number of fused-ring (bicyclic) bond motifs is 2. The second-order valence-corrected chi connectivity index (χ2v) is 4.78. The van der Waals surface area contributed by atoms with Gasteiger partial charge in [0.05, 0.1) is 29.4 Å². The quantitative estimate of drug-likeness (QED) is 0.583. The molecule has 0 saturated carbocycles. The number of aromatic nitrogens is 4. The maximum absolute atomic E-state index is 5.63. The molecule has 5 nitrogen and oxygen atoms in total. The summed E-state index contributed by atoms with van der Waals surface area (Å²) in [5.41, 5.74) is 11.9. The van der Waals surface area contributed by atoms with Gasteiger partial charge in [0.15, 0.2) is 0 Å². The third kappa shape index (κ3) is 1.68. The van der Waals surface area contributed by atoms with Gasteiger partial charge in [-0.3, -0.25) is 0 Å². The fourth-order valence-electron chi connectivity index (χ4n) is 2.44. The van der Waals surface area contributed by atoms with Crippen molar-refractivity contribution in [3.8, 4) is 11.1 Å². The van der Waals surface area contributed by atoms with E-state index in [4.69, 9.17) is 5.73 Å². The first kappa shape index (κ1) is 11.2. The molecule has 0 aliphatic rings.